The van der Waals surface area contributed by atoms with E-state index in [1.165, 1.54) is 12.1 Å². The molecule has 1 aromatic carbocycles. The lowest BCUT2D eigenvalue weighted by Gasteiger charge is -2.32. The van der Waals surface area contributed by atoms with Gasteiger partial charge in [0.25, 0.3) is 0 Å². The van der Waals surface area contributed by atoms with E-state index in [1.807, 2.05) is 17.2 Å². The third-order valence-electron chi connectivity index (χ3n) is 5.14. The van der Waals surface area contributed by atoms with Gasteiger partial charge in [-0.1, -0.05) is 0 Å². The van der Waals surface area contributed by atoms with Gasteiger partial charge in [-0.3, -0.25) is 4.79 Å². The van der Waals surface area contributed by atoms with Gasteiger partial charge in [0, 0.05) is 44.5 Å². The van der Waals surface area contributed by atoms with Crippen molar-refractivity contribution in [1.82, 2.24) is 24.6 Å². The van der Waals surface area contributed by atoms with Crippen LogP contribution in [0.1, 0.15) is 19.8 Å². The number of carbonyl (C=O) groups excluding carboxylic acids is 1. The molecule has 4 rings (SSSR count). The van der Waals surface area contributed by atoms with Gasteiger partial charge in [-0.25, -0.2) is 19.0 Å². The summed E-state index contributed by atoms with van der Waals surface area (Å²) in [7, 11) is 0. The number of piperidine rings is 1. The molecule has 3 aromatic rings. The number of nitrogens with zero attached hydrogens (tertiary/aromatic N) is 5. The zero-order valence-corrected chi connectivity index (χ0v) is 16.3. The van der Waals surface area contributed by atoms with Crippen molar-refractivity contribution in [2.75, 3.05) is 25.0 Å². The first kappa shape index (κ1) is 19.0. The molecule has 1 aliphatic heterocycles. The van der Waals surface area contributed by atoms with Crippen LogP contribution in [0.25, 0.3) is 16.9 Å². The third kappa shape index (κ3) is 4.59. The number of aromatic nitrogens is 4. The molecule has 29 heavy (non-hydrogen) atoms. The van der Waals surface area contributed by atoms with E-state index in [2.05, 4.69) is 20.4 Å². The topological polar surface area (TPSA) is 75.9 Å². The van der Waals surface area contributed by atoms with E-state index in [4.69, 9.17) is 0 Å². The molecule has 0 aliphatic carbocycles. The molecule has 150 valence electrons. The van der Waals surface area contributed by atoms with Crippen LogP contribution >= 0.6 is 0 Å². The standard InChI is InChI=1S/C21H23FN6O/c1-15(29)27-10-2-3-16(13-27)11-24-21-23-9-8-20(26-21)17-12-25-28(14-17)19-6-4-18(22)5-7-19/h4-9,12,14,16H,2-3,10-11,13H2,1H3,(H,23,24,26). The fraction of sp³-hybridized carbons (Fsp3) is 0.333. The summed E-state index contributed by atoms with van der Waals surface area (Å²) in [6, 6.07) is 7.99. The number of hydrogen-bond acceptors (Lipinski definition) is 5. The largest absolute Gasteiger partial charge is 0.354 e. The molecule has 0 bridgehead atoms. The lowest BCUT2D eigenvalue weighted by molar-refractivity contribution is -0.130. The van der Waals surface area contributed by atoms with Crippen LogP contribution in [0.3, 0.4) is 0 Å². The van der Waals surface area contributed by atoms with E-state index in [0.717, 1.165) is 49.4 Å². The molecule has 0 saturated carbocycles. The van der Waals surface area contributed by atoms with Crippen molar-refractivity contribution < 1.29 is 9.18 Å². The van der Waals surface area contributed by atoms with Crippen LogP contribution in [0.5, 0.6) is 0 Å². The Morgan fingerprint density at radius 3 is 2.90 bits per heavy atom. The van der Waals surface area contributed by atoms with Crippen molar-refractivity contribution in [3.63, 3.8) is 0 Å². The second-order valence-corrected chi connectivity index (χ2v) is 7.27. The van der Waals surface area contributed by atoms with Crippen molar-refractivity contribution >= 4 is 11.9 Å². The minimum atomic E-state index is -0.281. The Morgan fingerprint density at radius 2 is 2.10 bits per heavy atom. The molecule has 1 amide bonds. The van der Waals surface area contributed by atoms with Gasteiger partial charge in [0.1, 0.15) is 5.82 Å². The van der Waals surface area contributed by atoms with Crippen molar-refractivity contribution in [3.05, 3.63) is 54.7 Å². The van der Waals surface area contributed by atoms with Gasteiger partial charge in [-0.2, -0.15) is 5.10 Å². The van der Waals surface area contributed by atoms with Crippen molar-refractivity contribution in [1.29, 1.82) is 0 Å². The third-order valence-corrected chi connectivity index (χ3v) is 5.14. The first-order chi connectivity index (χ1) is 14.1. The van der Waals surface area contributed by atoms with Gasteiger partial charge < -0.3 is 10.2 Å². The van der Waals surface area contributed by atoms with Crippen LogP contribution in [0.15, 0.2) is 48.9 Å². The average molecular weight is 394 g/mol. The summed E-state index contributed by atoms with van der Waals surface area (Å²) in [5.74, 6) is 0.793. The summed E-state index contributed by atoms with van der Waals surface area (Å²) < 4.78 is 14.8. The second-order valence-electron chi connectivity index (χ2n) is 7.27. The molecule has 1 atom stereocenters. The molecule has 1 unspecified atom stereocenters. The van der Waals surface area contributed by atoms with Gasteiger partial charge in [0.2, 0.25) is 11.9 Å². The molecule has 0 spiro atoms. The molecule has 1 N–H and O–H groups in total. The molecule has 0 radical (unpaired) electrons. The van der Waals surface area contributed by atoms with E-state index in [0.29, 0.717) is 11.9 Å². The Bertz CT molecular complexity index is 987. The van der Waals surface area contributed by atoms with Crippen LogP contribution in [0.4, 0.5) is 10.3 Å². The summed E-state index contributed by atoms with van der Waals surface area (Å²) in [6.45, 7) is 3.96. The van der Waals surface area contributed by atoms with Crippen LogP contribution in [-0.4, -0.2) is 50.2 Å². The Labute approximate surface area is 168 Å². The first-order valence-electron chi connectivity index (χ1n) is 9.72. The average Bonchev–Trinajstić information content (AvgIpc) is 3.23. The highest BCUT2D eigenvalue weighted by Crippen LogP contribution is 2.20. The maximum Gasteiger partial charge on any atom is 0.223 e. The molecule has 2 aromatic heterocycles. The van der Waals surface area contributed by atoms with Gasteiger partial charge in [0.15, 0.2) is 0 Å². The fourth-order valence-corrected chi connectivity index (χ4v) is 3.55. The predicted molar refractivity (Wildman–Crippen MR) is 108 cm³/mol. The van der Waals surface area contributed by atoms with Gasteiger partial charge >= 0.3 is 0 Å². The molecule has 8 heteroatoms. The second kappa shape index (κ2) is 8.38. The zero-order valence-electron chi connectivity index (χ0n) is 16.3. The molecule has 7 nitrogen and oxygen atoms in total. The quantitative estimate of drug-likeness (QED) is 0.720. The van der Waals surface area contributed by atoms with Crippen LogP contribution in [-0.2, 0) is 4.79 Å². The maximum atomic E-state index is 13.1. The van der Waals surface area contributed by atoms with E-state index in [1.54, 1.807) is 36.1 Å². The van der Waals surface area contributed by atoms with Crippen molar-refractivity contribution in [2.24, 2.45) is 5.92 Å². The Balaban J connectivity index is 1.42. The summed E-state index contributed by atoms with van der Waals surface area (Å²) in [6.07, 6.45) is 7.39. The highest BCUT2D eigenvalue weighted by molar-refractivity contribution is 5.73. The SMILES string of the molecule is CC(=O)N1CCCC(CNc2nccc(-c3cnn(-c4ccc(F)cc4)c3)n2)C1. The van der Waals surface area contributed by atoms with Gasteiger partial charge in [0.05, 0.1) is 17.6 Å². The van der Waals surface area contributed by atoms with Gasteiger partial charge in [-0.05, 0) is 49.1 Å². The molecule has 1 saturated heterocycles. The Kier molecular flexibility index (Phi) is 5.50. The Hall–Kier alpha value is -3.29. The predicted octanol–water partition coefficient (Wildman–Crippen LogP) is 3.14. The number of amides is 1. The van der Waals surface area contributed by atoms with Crippen LogP contribution in [0.2, 0.25) is 0 Å². The number of carbonyl (C=O) groups is 1. The molecular formula is C21H23FN6O. The van der Waals surface area contributed by atoms with Gasteiger partial charge in [-0.15, -0.1) is 0 Å². The van der Waals surface area contributed by atoms with E-state index in [-0.39, 0.29) is 11.7 Å². The number of nitrogens with one attached hydrogen (secondary N) is 1. The lowest BCUT2D eigenvalue weighted by atomic mass is 9.98. The van der Waals surface area contributed by atoms with E-state index >= 15 is 0 Å². The monoisotopic (exact) mass is 394 g/mol. The zero-order chi connectivity index (χ0) is 20.2. The van der Waals surface area contributed by atoms with Crippen LogP contribution in [0, 0.1) is 11.7 Å². The highest BCUT2D eigenvalue weighted by atomic mass is 19.1. The van der Waals surface area contributed by atoms with E-state index in [9.17, 15) is 9.18 Å². The smallest absolute Gasteiger partial charge is 0.223 e. The number of hydrogen-bond donors (Lipinski definition) is 1. The molecule has 3 heterocycles. The molecule has 1 aliphatic rings. The van der Waals surface area contributed by atoms with Crippen molar-refractivity contribution in [3.8, 4) is 16.9 Å². The van der Waals surface area contributed by atoms with E-state index < -0.39 is 0 Å². The first-order valence-corrected chi connectivity index (χ1v) is 9.72. The normalized spacial score (nSPS) is 16.6. The lowest BCUT2D eigenvalue weighted by Crippen LogP contribution is -2.40. The summed E-state index contributed by atoms with van der Waals surface area (Å²) in [4.78, 5) is 22.4. The molecule has 1 fully saturated rings. The van der Waals surface area contributed by atoms with Crippen molar-refractivity contribution in [2.45, 2.75) is 19.8 Å². The summed E-state index contributed by atoms with van der Waals surface area (Å²) in [5.41, 5.74) is 2.38. The number of benzene rings is 1. The number of rotatable bonds is 5. The minimum absolute atomic E-state index is 0.131. The molecular weight excluding hydrogens is 371 g/mol. The number of halogens is 1. The fourth-order valence-electron chi connectivity index (χ4n) is 3.55. The van der Waals surface area contributed by atoms with Crippen LogP contribution < -0.4 is 5.32 Å². The minimum Gasteiger partial charge on any atom is -0.354 e. The summed E-state index contributed by atoms with van der Waals surface area (Å²) >= 11 is 0. The number of likely N-dealkylation sites (tertiary alicyclic amines) is 1. The maximum absolute atomic E-state index is 13.1. The highest BCUT2D eigenvalue weighted by Gasteiger charge is 2.21. The number of anilines is 1. The Morgan fingerprint density at radius 1 is 1.28 bits per heavy atom. The summed E-state index contributed by atoms with van der Waals surface area (Å²) in [5, 5.41) is 7.64.